The molecule has 2 atom stereocenters. The number of nitrogens with one attached hydrogen (secondary N) is 1. The van der Waals surface area contributed by atoms with Gasteiger partial charge in [0.25, 0.3) is 0 Å². The van der Waals surface area contributed by atoms with Gasteiger partial charge in [-0.2, -0.15) is 0 Å². The number of methoxy groups -OCH3 is 1. The van der Waals surface area contributed by atoms with E-state index >= 15 is 0 Å². The molecule has 2 unspecified atom stereocenters. The van der Waals surface area contributed by atoms with Crippen LogP contribution in [0.15, 0.2) is 18.3 Å². The number of carbonyl (C=O) groups is 1. The van der Waals surface area contributed by atoms with Crippen molar-refractivity contribution in [3.63, 3.8) is 0 Å². The fourth-order valence-corrected chi connectivity index (χ4v) is 2.77. The summed E-state index contributed by atoms with van der Waals surface area (Å²) in [5.41, 5.74) is 1.31. The molecule has 0 radical (unpaired) electrons. The van der Waals surface area contributed by atoms with E-state index in [1.54, 1.807) is 12.3 Å². The smallest absolute Gasteiger partial charge is 0.356 e. The van der Waals surface area contributed by atoms with E-state index in [-0.39, 0.29) is 0 Å². The maximum atomic E-state index is 11.4. The van der Waals surface area contributed by atoms with Gasteiger partial charge in [0.05, 0.1) is 7.11 Å². The van der Waals surface area contributed by atoms with Crippen molar-refractivity contribution < 1.29 is 9.53 Å². The normalized spacial score (nSPS) is 22.8. The monoisotopic (exact) mass is 262 g/mol. The van der Waals surface area contributed by atoms with Gasteiger partial charge in [0.2, 0.25) is 0 Å². The number of anilines is 1. The van der Waals surface area contributed by atoms with Gasteiger partial charge in [-0.05, 0) is 30.9 Å². The van der Waals surface area contributed by atoms with E-state index in [0.29, 0.717) is 11.7 Å². The Morgan fingerprint density at radius 2 is 2.37 bits per heavy atom. The molecule has 0 aromatic carbocycles. The molecule has 1 aliphatic rings. The Kier molecular flexibility index (Phi) is 4.77. The first-order chi connectivity index (χ1) is 9.22. The number of ether oxygens (including phenoxy) is 1. The van der Waals surface area contributed by atoms with Crippen LogP contribution in [0.2, 0.25) is 0 Å². The molecule has 1 heterocycles. The van der Waals surface area contributed by atoms with Gasteiger partial charge >= 0.3 is 5.97 Å². The molecule has 1 aromatic heterocycles. The Balaban J connectivity index is 2.00. The summed E-state index contributed by atoms with van der Waals surface area (Å²) in [6.07, 6.45) is 7.94. The van der Waals surface area contributed by atoms with E-state index in [0.717, 1.165) is 11.6 Å². The van der Waals surface area contributed by atoms with Crippen LogP contribution in [0, 0.1) is 5.92 Å². The maximum Gasteiger partial charge on any atom is 0.356 e. The van der Waals surface area contributed by atoms with Crippen LogP contribution in [0.25, 0.3) is 0 Å². The number of carbonyl (C=O) groups excluding carboxylic acids is 1. The second kappa shape index (κ2) is 6.55. The molecule has 1 N–H and O–H groups in total. The molecule has 4 nitrogen and oxygen atoms in total. The van der Waals surface area contributed by atoms with Crippen LogP contribution >= 0.6 is 0 Å². The van der Waals surface area contributed by atoms with Crippen molar-refractivity contribution >= 4 is 11.7 Å². The number of rotatable bonds is 4. The number of nitrogens with zero attached hydrogens (tertiary/aromatic N) is 1. The van der Waals surface area contributed by atoms with E-state index in [2.05, 4.69) is 22.0 Å². The third-order valence-electron chi connectivity index (χ3n) is 3.89. The summed E-state index contributed by atoms with van der Waals surface area (Å²) >= 11 is 0. The molecule has 0 amide bonds. The number of aromatic nitrogens is 1. The summed E-state index contributed by atoms with van der Waals surface area (Å²) in [4.78, 5) is 15.5. The Morgan fingerprint density at radius 3 is 3.11 bits per heavy atom. The Morgan fingerprint density at radius 1 is 1.53 bits per heavy atom. The SMILES string of the molecule is CCC1CCCC(Nc2ccnc(C(=O)OC)c2)C1. The fourth-order valence-electron chi connectivity index (χ4n) is 2.77. The molecule has 1 aliphatic carbocycles. The van der Waals surface area contributed by atoms with Gasteiger partial charge in [-0.25, -0.2) is 9.78 Å². The van der Waals surface area contributed by atoms with Crippen molar-refractivity contribution in [1.29, 1.82) is 0 Å². The standard InChI is InChI=1S/C15H22N2O2/c1-3-11-5-4-6-12(9-11)17-13-7-8-16-14(10-13)15(18)19-2/h7-8,10-12H,3-6,9H2,1-2H3,(H,16,17). The Bertz CT molecular complexity index is 434. The zero-order chi connectivity index (χ0) is 13.7. The molecular formula is C15H22N2O2. The maximum absolute atomic E-state index is 11.4. The quantitative estimate of drug-likeness (QED) is 0.846. The highest BCUT2D eigenvalue weighted by Gasteiger charge is 2.20. The summed E-state index contributed by atoms with van der Waals surface area (Å²) in [6.45, 7) is 2.26. The van der Waals surface area contributed by atoms with Crippen molar-refractivity contribution in [2.45, 2.75) is 45.1 Å². The minimum absolute atomic E-state index is 0.357. The highest BCUT2D eigenvalue weighted by molar-refractivity contribution is 5.88. The van der Waals surface area contributed by atoms with E-state index in [1.807, 2.05) is 6.07 Å². The fraction of sp³-hybridized carbons (Fsp3) is 0.600. The zero-order valence-electron chi connectivity index (χ0n) is 11.7. The van der Waals surface area contributed by atoms with E-state index in [9.17, 15) is 4.79 Å². The average molecular weight is 262 g/mol. The highest BCUT2D eigenvalue weighted by atomic mass is 16.5. The van der Waals surface area contributed by atoms with Crippen molar-refractivity contribution in [2.24, 2.45) is 5.92 Å². The first-order valence-corrected chi connectivity index (χ1v) is 7.03. The molecule has 0 aliphatic heterocycles. The van der Waals surface area contributed by atoms with Crippen LogP contribution in [0.1, 0.15) is 49.5 Å². The Hall–Kier alpha value is -1.58. The lowest BCUT2D eigenvalue weighted by atomic mass is 9.84. The number of pyridine rings is 1. The van der Waals surface area contributed by atoms with Gasteiger partial charge in [-0.3, -0.25) is 0 Å². The summed E-state index contributed by atoms with van der Waals surface area (Å²) < 4.78 is 4.69. The van der Waals surface area contributed by atoms with Crippen LogP contribution in [-0.2, 0) is 4.74 Å². The van der Waals surface area contributed by atoms with Crippen molar-refractivity contribution in [2.75, 3.05) is 12.4 Å². The van der Waals surface area contributed by atoms with Crippen molar-refractivity contribution in [1.82, 2.24) is 4.98 Å². The minimum Gasteiger partial charge on any atom is -0.464 e. The van der Waals surface area contributed by atoms with E-state index in [4.69, 9.17) is 0 Å². The predicted molar refractivity (Wildman–Crippen MR) is 75.2 cm³/mol. The number of hydrogen-bond acceptors (Lipinski definition) is 4. The molecular weight excluding hydrogens is 240 g/mol. The zero-order valence-corrected chi connectivity index (χ0v) is 11.7. The average Bonchev–Trinajstić information content (AvgIpc) is 2.47. The van der Waals surface area contributed by atoms with E-state index in [1.165, 1.54) is 39.2 Å². The lowest BCUT2D eigenvalue weighted by molar-refractivity contribution is 0.0594. The Labute approximate surface area is 114 Å². The van der Waals surface area contributed by atoms with Gasteiger partial charge in [0, 0.05) is 17.9 Å². The molecule has 2 rings (SSSR count). The van der Waals surface area contributed by atoms with E-state index < -0.39 is 5.97 Å². The molecule has 104 valence electrons. The molecule has 19 heavy (non-hydrogen) atoms. The van der Waals surface area contributed by atoms with Crippen molar-refractivity contribution in [3.8, 4) is 0 Å². The molecule has 0 spiro atoms. The lowest BCUT2D eigenvalue weighted by Crippen LogP contribution is -2.27. The van der Waals surface area contributed by atoms with Crippen LogP contribution in [0.4, 0.5) is 5.69 Å². The predicted octanol–water partition coefficient (Wildman–Crippen LogP) is 3.25. The third kappa shape index (κ3) is 3.69. The molecule has 1 saturated carbocycles. The highest BCUT2D eigenvalue weighted by Crippen LogP contribution is 2.28. The molecule has 4 heteroatoms. The third-order valence-corrected chi connectivity index (χ3v) is 3.89. The first-order valence-electron chi connectivity index (χ1n) is 7.03. The van der Waals surface area contributed by atoms with Gasteiger partial charge in [-0.15, -0.1) is 0 Å². The summed E-state index contributed by atoms with van der Waals surface area (Å²) in [7, 11) is 1.37. The topological polar surface area (TPSA) is 51.2 Å². The van der Waals surface area contributed by atoms with Crippen LogP contribution in [0.5, 0.6) is 0 Å². The second-order valence-corrected chi connectivity index (χ2v) is 5.20. The summed E-state index contributed by atoms with van der Waals surface area (Å²) in [5.74, 6) is 0.437. The van der Waals surface area contributed by atoms with Gasteiger partial charge in [-0.1, -0.05) is 26.2 Å². The lowest BCUT2D eigenvalue weighted by Gasteiger charge is -2.29. The molecule has 0 bridgehead atoms. The molecule has 0 saturated heterocycles. The van der Waals surface area contributed by atoms with Crippen LogP contribution < -0.4 is 5.32 Å². The summed E-state index contributed by atoms with van der Waals surface area (Å²) in [5, 5.41) is 3.52. The molecule has 1 fully saturated rings. The first kappa shape index (κ1) is 13.8. The van der Waals surface area contributed by atoms with Crippen molar-refractivity contribution in [3.05, 3.63) is 24.0 Å². The number of esters is 1. The summed E-state index contributed by atoms with van der Waals surface area (Å²) in [6, 6.07) is 4.18. The van der Waals surface area contributed by atoms with Crippen LogP contribution in [-0.4, -0.2) is 24.1 Å². The van der Waals surface area contributed by atoms with Gasteiger partial charge in [0.1, 0.15) is 5.69 Å². The largest absolute Gasteiger partial charge is 0.464 e. The second-order valence-electron chi connectivity index (χ2n) is 5.20. The minimum atomic E-state index is -0.390. The van der Waals surface area contributed by atoms with Crippen LogP contribution in [0.3, 0.4) is 0 Å². The molecule has 1 aromatic rings. The van der Waals surface area contributed by atoms with Gasteiger partial charge in [0.15, 0.2) is 0 Å². The number of hydrogen-bond donors (Lipinski definition) is 1. The van der Waals surface area contributed by atoms with Gasteiger partial charge < -0.3 is 10.1 Å².